The Morgan fingerprint density at radius 3 is 2.58 bits per heavy atom. The van der Waals surface area contributed by atoms with Crippen LogP contribution in [0.5, 0.6) is 0 Å². The fourth-order valence-electron chi connectivity index (χ4n) is 4.87. The van der Waals surface area contributed by atoms with E-state index in [2.05, 4.69) is 25.9 Å². The Labute approximate surface area is 254 Å². The highest BCUT2D eigenvalue weighted by Crippen LogP contribution is 2.30. The van der Waals surface area contributed by atoms with Crippen molar-refractivity contribution in [2.75, 3.05) is 11.9 Å². The molecule has 0 radical (unpaired) electrons. The molecule has 3 aromatic heterocycles. The lowest BCUT2D eigenvalue weighted by Crippen LogP contribution is -2.41. The van der Waals surface area contributed by atoms with E-state index in [1.165, 1.54) is 22.7 Å². The summed E-state index contributed by atoms with van der Waals surface area (Å²) in [6.07, 6.45) is 6.08. The lowest BCUT2D eigenvalue weighted by atomic mass is 10.0. The average molecular weight is 607 g/mol. The molecule has 11 heteroatoms. The molecule has 1 aliphatic rings. The van der Waals surface area contributed by atoms with Gasteiger partial charge in [0.25, 0.3) is 11.8 Å². The van der Waals surface area contributed by atoms with Gasteiger partial charge >= 0.3 is 0 Å². The topological polar surface area (TPSA) is 117 Å². The second-order valence-corrected chi connectivity index (χ2v) is 12.3. The molecule has 0 saturated heterocycles. The third-order valence-electron chi connectivity index (χ3n) is 7.31. The molecular formula is C32H26N6O3S2. The number of imidazole rings is 1. The van der Waals surface area contributed by atoms with Gasteiger partial charge in [0.2, 0.25) is 5.91 Å². The van der Waals surface area contributed by atoms with E-state index >= 15 is 0 Å². The Balaban J connectivity index is 1.09. The summed E-state index contributed by atoms with van der Waals surface area (Å²) in [6, 6.07) is 21.0. The van der Waals surface area contributed by atoms with Crippen LogP contribution in [-0.4, -0.2) is 38.6 Å². The Hall–Kier alpha value is -4.87. The van der Waals surface area contributed by atoms with Gasteiger partial charge < -0.3 is 16.0 Å². The van der Waals surface area contributed by atoms with Crippen molar-refractivity contribution in [1.29, 1.82) is 0 Å². The monoisotopic (exact) mass is 606 g/mol. The molecule has 1 fully saturated rings. The number of carbonyl (C=O) groups is 3. The third kappa shape index (κ3) is 5.77. The summed E-state index contributed by atoms with van der Waals surface area (Å²) < 4.78 is 2.67. The quantitative estimate of drug-likeness (QED) is 0.189. The molecule has 7 rings (SSSR count). The van der Waals surface area contributed by atoms with Gasteiger partial charge in [-0.15, -0.1) is 22.7 Å². The van der Waals surface area contributed by atoms with Crippen molar-refractivity contribution in [2.24, 2.45) is 5.92 Å². The van der Waals surface area contributed by atoms with Crippen molar-refractivity contribution in [3.05, 3.63) is 107 Å². The van der Waals surface area contributed by atoms with Gasteiger partial charge in [0.05, 0.1) is 15.9 Å². The molecule has 3 heterocycles. The molecule has 3 aromatic carbocycles. The van der Waals surface area contributed by atoms with Gasteiger partial charge in [-0.05, 0) is 48.6 Å². The predicted molar refractivity (Wildman–Crippen MR) is 168 cm³/mol. The van der Waals surface area contributed by atoms with Crippen LogP contribution in [0.15, 0.2) is 90.6 Å². The van der Waals surface area contributed by atoms with E-state index in [-0.39, 0.29) is 16.8 Å². The van der Waals surface area contributed by atoms with Gasteiger partial charge in [-0.2, -0.15) is 0 Å². The summed E-state index contributed by atoms with van der Waals surface area (Å²) in [5.74, 6) is -0.424. The number of rotatable bonds is 9. The zero-order valence-corrected chi connectivity index (χ0v) is 24.5. The number of carbonyl (C=O) groups excluding carboxylic acids is 3. The molecule has 1 aliphatic carbocycles. The fourth-order valence-corrected chi connectivity index (χ4v) is 6.48. The Bertz CT molecular complexity index is 1950. The molecule has 43 heavy (non-hydrogen) atoms. The Morgan fingerprint density at radius 2 is 1.77 bits per heavy atom. The Kier molecular flexibility index (Phi) is 7.17. The van der Waals surface area contributed by atoms with E-state index in [1.54, 1.807) is 24.3 Å². The first-order valence-corrected chi connectivity index (χ1v) is 15.6. The number of hydrogen-bond donors (Lipinski definition) is 3. The summed E-state index contributed by atoms with van der Waals surface area (Å²) in [4.78, 5) is 49.7. The molecule has 1 saturated carbocycles. The van der Waals surface area contributed by atoms with Gasteiger partial charge in [0.15, 0.2) is 9.97 Å². The molecule has 0 spiro atoms. The van der Waals surface area contributed by atoms with Crippen molar-refractivity contribution >= 4 is 61.3 Å². The van der Waals surface area contributed by atoms with Crippen LogP contribution < -0.4 is 16.0 Å². The van der Waals surface area contributed by atoms with E-state index < -0.39 is 11.9 Å². The smallest absolute Gasteiger partial charge is 0.281 e. The van der Waals surface area contributed by atoms with Crippen molar-refractivity contribution in [3.8, 4) is 11.3 Å². The van der Waals surface area contributed by atoms with E-state index in [9.17, 15) is 14.4 Å². The van der Waals surface area contributed by atoms with Gasteiger partial charge in [-0.3, -0.25) is 18.8 Å². The SMILES string of the molecule is O=C(N[C@H](C(=O)NCC1CC1)c1ccccc1)c1nc2ccc(NC(=O)c3ccccc3-c3cn4ccsc4n3)cc2s1. The van der Waals surface area contributed by atoms with Crippen molar-refractivity contribution in [1.82, 2.24) is 25.0 Å². The maximum atomic E-state index is 13.4. The van der Waals surface area contributed by atoms with Crippen molar-refractivity contribution < 1.29 is 14.4 Å². The highest BCUT2D eigenvalue weighted by Gasteiger charge is 2.27. The number of benzene rings is 3. The summed E-state index contributed by atoms with van der Waals surface area (Å²) in [6.45, 7) is 0.610. The van der Waals surface area contributed by atoms with Crippen molar-refractivity contribution in [3.63, 3.8) is 0 Å². The lowest BCUT2D eigenvalue weighted by molar-refractivity contribution is -0.123. The van der Waals surface area contributed by atoms with Crippen LogP contribution >= 0.6 is 22.7 Å². The summed E-state index contributed by atoms with van der Waals surface area (Å²) in [7, 11) is 0. The largest absolute Gasteiger partial charge is 0.354 e. The fraction of sp³-hybridized carbons (Fsp3) is 0.156. The van der Waals surface area contributed by atoms with Gasteiger partial charge in [0, 0.05) is 41.1 Å². The molecule has 0 aliphatic heterocycles. The first-order chi connectivity index (χ1) is 21.0. The van der Waals surface area contributed by atoms with Crippen LogP contribution in [0.1, 0.15) is 44.6 Å². The first-order valence-electron chi connectivity index (χ1n) is 13.9. The van der Waals surface area contributed by atoms with Crippen LogP contribution in [-0.2, 0) is 4.79 Å². The maximum Gasteiger partial charge on any atom is 0.281 e. The standard InChI is InChI=1S/C32H26N6O3S2/c39-28(23-9-5-4-8-22(23)25-18-38-14-15-42-32(38)36-25)34-21-12-13-24-26(16-21)43-31(35-24)30(41)37-27(20-6-2-1-3-7-20)29(40)33-17-19-10-11-19/h1-9,12-16,18-19,27H,10-11,17H2,(H,33,40)(H,34,39)(H,37,41)/t27-/m0/s1. The van der Waals surface area contributed by atoms with Crippen LogP contribution in [0, 0.1) is 5.92 Å². The Morgan fingerprint density at radius 1 is 0.953 bits per heavy atom. The molecule has 0 unspecified atom stereocenters. The van der Waals surface area contributed by atoms with E-state index in [4.69, 9.17) is 0 Å². The highest BCUT2D eigenvalue weighted by molar-refractivity contribution is 7.20. The molecule has 9 nitrogen and oxygen atoms in total. The van der Waals surface area contributed by atoms with Crippen LogP contribution in [0.3, 0.4) is 0 Å². The molecule has 3 amide bonds. The zero-order valence-electron chi connectivity index (χ0n) is 22.8. The summed E-state index contributed by atoms with van der Waals surface area (Å²) >= 11 is 2.74. The number of fused-ring (bicyclic) bond motifs is 2. The molecule has 0 bridgehead atoms. The molecule has 6 aromatic rings. The van der Waals surface area contributed by atoms with Crippen LogP contribution in [0.4, 0.5) is 5.69 Å². The van der Waals surface area contributed by atoms with Gasteiger partial charge in [-0.1, -0.05) is 48.5 Å². The number of amides is 3. The maximum absolute atomic E-state index is 13.4. The van der Waals surface area contributed by atoms with E-state index in [0.717, 1.165) is 33.8 Å². The van der Waals surface area contributed by atoms with Crippen molar-refractivity contribution in [2.45, 2.75) is 18.9 Å². The second-order valence-electron chi connectivity index (χ2n) is 10.4. The minimum atomic E-state index is -0.833. The number of nitrogens with one attached hydrogen (secondary N) is 3. The van der Waals surface area contributed by atoms with Gasteiger partial charge in [-0.25, -0.2) is 9.97 Å². The predicted octanol–water partition coefficient (Wildman–Crippen LogP) is 5.92. The normalized spacial score (nSPS) is 13.6. The summed E-state index contributed by atoms with van der Waals surface area (Å²) in [5.41, 5.74) is 3.87. The third-order valence-corrected chi connectivity index (χ3v) is 9.10. The van der Waals surface area contributed by atoms with E-state index in [1.807, 2.05) is 70.7 Å². The lowest BCUT2D eigenvalue weighted by Gasteiger charge is -2.18. The molecular weight excluding hydrogens is 581 g/mol. The first kappa shape index (κ1) is 27.0. The zero-order chi connectivity index (χ0) is 29.3. The number of hydrogen-bond acceptors (Lipinski definition) is 7. The minimum absolute atomic E-state index is 0.236. The number of aromatic nitrogens is 3. The second kappa shape index (κ2) is 11.4. The molecule has 1 atom stereocenters. The highest BCUT2D eigenvalue weighted by atomic mass is 32.1. The van der Waals surface area contributed by atoms with Gasteiger partial charge in [0.1, 0.15) is 6.04 Å². The number of anilines is 1. The molecule has 3 N–H and O–H groups in total. The minimum Gasteiger partial charge on any atom is -0.354 e. The average Bonchev–Trinajstić information content (AvgIpc) is 3.38. The van der Waals surface area contributed by atoms with E-state index in [0.29, 0.717) is 34.8 Å². The van der Waals surface area contributed by atoms with Crippen LogP contribution in [0.25, 0.3) is 26.4 Å². The molecule has 214 valence electrons. The number of nitrogens with zero attached hydrogens (tertiary/aromatic N) is 3. The van der Waals surface area contributed by atoms with Crippen LogP contribution in [0.2, 0.25) is 0 Å². The summed E-state index contributed by atoms with van der Waals surface area (Å²) in [5, 5.41) is 11.0. The number of thiazole rings is 2.